The molecule has 128 valence electrons. The topological polar surface area (TPSA) is 48.0 Å². The van der Waals surface area contributed by atoms with Crippen LogP contribution in [-0.4, -0.2) is 10.5 Å². The lowest BCUT2D eigenvalue weighted by Gasteiger charge is -2.07. The molecule has 0 saturated carbocycles. The quantitative estimate of drug-likeness (QED) is 0.541. The molecule has 25 heavy (non-hydrogen) atoms. The number of carbonyl (C=O) groups is 1. The number of hydrogen-bond donors (Lipinski definition) is 1. The van der Waals surface area contributed by atoms with Crippen LogP contribution in [-0.2, 0) is 7.05 Å². The first-order chi connectivity index (χ1) is 12.1. The van der Waals surface area contributed by atoms with Crippen molar-refractivity contribution in [3.63, 3.8) is 0 Å². The number of rotatable bonds is 8. The summed E-state index contributed by atoms with van der Waals surface area (Å²) in [5.41, 5.74) is 9.14. The zero-order chi connectivity index (χ0) is 18.2. The summed E-state index contributed by atoms with van der Waals surface area (Å²) in [6, 6.07) is 7.64. The summed E-state index contributed by atoms with van der Waals surface area (Å²) in [6.07, 6.45) is 15.5. The molecule has 0 unspecified atom stereocenters. The van der Waals surface area contributed by atoms with Crippen molar-refractivity contribution in [2.24, 2.45) is 12.8 Å². The Hall–Kier alpha value is -3.07. The lowest BCUT2D eigenvalue weighted by atomic mass is 10.1. The summed E-state index contributed by atoms with van der Waals surface area (Å²) < 4.78 is 2.08. The van der Waals surface area contributed by atoms with E-state index in [1.165, 1.54) is 0 Å². The van der Waals surface area contributed by atoms with Gasteiger partial charge in [0.1, 0.15) is 0 Å². The predicted molar refractivity (Wildman–Crippen MR) is 107 cm³/mol. The third-order valence-corrected chi connectivity index (χ3v) is 3.98. The van der Waals surface area contributed by atoms with Gasteiger partial charge in [-0.05, 0) is 36.6 Å². The molecule has 0 bridgehead atoms. The highest BCUT2D eigenvalue weighted by Crippen LogP contribution is 2.27. The number of nitrogens with zero attached hydrogens (tertiary/aromatic N) is 1. The molecule has 2 rings (SSSR count). The highest BCUT2D eigenvalue weighted by atomic mass is 16.1. The molecule has 0 atom stereocenters. The van der Waals surface area contributed by atoms with Crippen LogP contribution in [0.3, 0.4) is 0 Å². The Labute approximate surface area is 149 Å². The van der Waals surface area contributed by atoms with Gasteiger partial charge in [-0.15, -0.1) is 13.2 Å². The molecule has 1 aromatic carbocycles. The van der Waals surface area contributed by atoms with E-state index in [1.807, 2.05) is 55.6 Å². The molecule has 2 aromatic rings. The second kappa shape index (κ2) is 8.69. The molecule has 0 radical (unpaired) electrons. The average Bonchev–Trinajstić information content (AvgIpc) is 2.93. The Morgan fingerprint density at radius 2 is 1.96 bits per heavy atom. The molecule has 3 heteroatoms. The third-order valence-electron chi connectivity index (χ3n) is 3.98. The number of nitrogens with two attached hydrogens (primary N) is 1. The minimum absolute atomic E-state index is 0.416. The van der Waals surface area contributed by atoms with Gasteiger partial charge in [0.25, 0.3) is 0 Å². The maximum atomic E-state index is 11.4. The predicted octanol–water partition coefficient (Wildman–Crippen LogP) is 4.93. The van der Waals surface area contributed by atoms with Crippen molar-refractivity contribution in [3.8, 4) is 0 Å². The molecule has 3 nitrogen and oxygen atoms in total. The highest BCUT2D eigenvalue weighted by Gasteiger charge is 2.11. The zero-order valence-corrected chi connectivity index (χ0v) is 14.6. The van der Waals surface area contributed by atoms with Gasteiger partial charge < -0.3 is 10.3 Å². The molecule has 0 spiro atoms. The first kappa shape index (κ1) is 18.3. The van der Waals surface area contributed by atoms with Crippen LogP contribution < -0.4 is 5.73 Å². The van der Waals surface area contributed by atoms with Gasteiger partial charge in [0.05, 0.1) is 0 Å². The first-order valence-electron chi connectivity index (χ1n) is 8.22. The number of amides is 1. The van der Waals surface area contributed by atoms with Crippen LogP contribution in [0.5, 0.6) is 0 Å². The van der Waals surface area contributed by atoms with Crippen LogP contribution in [0, 0.1) is 0 Å². The van der Waals surface area contributed by atoms with E-state index in [9.17, 15) is 4.79 Å². The second-order valence-electron chi connectivity index (χ2n) is 5.75. The Kier molecular flexibility index (Phi) is 6.35. The number of allylic oxidation sites excluding steroid dienone is 8. The fourth-order valence-electron chi connectivity index (χ4n) is 2.69. The highest BCUT2D eigenvalue weighted by molar-refractivity contribution is 5.97. The molecule has 1 amide bonds. The van der Waals surface area contributed by atoms with Crippen molar-refractivity contribution in [2.75, 3.05) is 0 Å². The summed E-state index contributed by atoms with van der Waals surface area (Å²) in [5.74, 6) is -0.416. The van der Waals surface area contributed by atoms with Crippen LogP contribution in [0.25, 0.3) is 16.5 Å². The SMILES string of the molecule is C=CCC=CC=CC=C(CC=C)c1cc2ccc(C(N)=O)cc2n1C. The van der Waals surface area contributed by atoms with Crippen LogP contribution >= 0.6 is 0 Å². The van der Waals surface area contributed by atoms with Gasteiger partial charge in [-0.1, -0.05) is 48.6 Å². The summed E-state index contributed by atoms with van der Waals surface area (Å²) in [7, 11) is 1.99. The van der Waals surface area contributed by atoms with E-state index in [4.69, 9.17) is 5.73 Å². The van der Waals surface area contributed by atoms with Crippen LogP contribution in [0.2, 0.25) is 0 Å². The number of hydrogen-bond acceptors (Lipinski definition) is 1. The Bertz CT molecular complexity index is 879. The number of aryl methyl sites for hydroxylation is 1. The van der Waals surface area contributed by atoms with Crippen molar-refractivity contribution in [1.82, 2.24) is 4.57 Å². The van der Waals surface area contributed by atoms with Crippen molar-refractivity contribution >= 4 is 22.4 Å². The van der Waals surface area contributed by atoms with E-state index in [0.29, 0.717) is 5.56 Å². The van der Waals surface area contributed by atoms with E-state index in [0.717, 1.165) is 35.0 Å². The second-order valence-corrected chi connectivity index (χ2v) is 5.75. The van der Waals surface area contributed by atoms with Gasteiger partial charge >= 0.3 is 0 Å². The van der Waals surface area contributed by atoms with Crippen LogP contribution in [0.4, 0.5) is 0 Å². The molecule has 0 saturated heterocycles. The first-order valence-corrected chi connectivity index (χ1v) is 8.22. The largest absolute Gasteiger partial charge is 0.366 e. The van der Waals surface area contributed by atoms with Crippen molar-refractivity contribution < 1.29 is 4.79 Å². The van der Waals surface area contributed by atoms with E-state index in [2.05, 4.69) is 29.9 Å². The van der Waals surface area contributed by atoms with Gasteiger partial charge in [-0.3, -0.25) is 4.79 Å². The molecule has 0 aliphatic carbocycles. The standard InChI is InChI=1S/C22H24N2O/c1-4-6-7-8-9-10-12-17(11-5-2)20-15-18-13-14-19(22(23)25)16-21(18)24(20)3/h4-5,7-10,12-16H,1-2,6,11H2,3H3,(H2,23,25). The maximum Gasteiger partial charge on any atom is 0.248 e. The van der Waals surface area contributed by atoms with E-state index in [-0.39, 0.29) is 0 Å². The van der Waals surface area contributed by atoms with Gasteiger partial charge in [-0.25, -0.2) is 0 Å². The summed E-state index contributed by atoms with van der Waals surface area (Å²) in [6.45, 7) is 7.54. The van der Waals surface area contributed by atoms with Gasteiger partial charge in [-0.2, -0.15) is 0 Å². The molecule has 0 aliphatic heterocycles. The normalized spacial score (nSPS) is 12.3. The minimum atomic E-state index is -0.416. The number of carbonyl (C=O) groups excluding carboxylic acids is 1. The van der Waals surface area contributed by atoms with E-state index < -0.39 is 5.91 Å². The molecule has 2 N–H and O–H groups in total. The summed E-state index contributed by atoms with van der Waals surface area (Å²) in [4.78, 5) is 11.4. The summed E-state index contributed by atoms with van der Waals surface area (Å²) in [5, 5.41) is 1.08. The fourth-order valence-corrected chi connectivity index (χ4v) is 2.69. The monoisotopic (exact) mass is 332 g/mol. The van der Waals surface area contributed by atoms with Crippen molar-refractivity contribution in [1.29, 1.82) is 0 Å². The molecule has 0 aliphatic rings. The zero-order valence-electron chi connectivity index (χ0n) is 14.6. The number of aromatic nitrogens is 1. The van der Waals surface area contributed by atoms with Gasteiger partial charge in [0.15, 0.2) is 0 Å². The minimum Gasteiger partial charge on any atom is -0.366 e. The van der Waals surface area contributed by atoms with E-state index in [1.54, 1.807) is 6.07 Å². The number of primary amides is 1. The van der Waals surface area contributed by atoms with Crippen molar-refractivity contribution in [3.05, 3.63) is 91.2 Å². The lowest BCUT2D eigenvalue weighted by Crippen LogP contribution is -2.10. The molecular formula is C22H24N2O. The van der Waals surface area contributed by atoms with Crippen LogP contribution in [0.1, 0.15) is 28.9 Å². The van der Waals surface area contributed by atoms with Crippen molar-refractivity contribution in [2.45, 2.75) is 12.8 Å². The number of benzene rings is 1. The summed E-state index contributed by atoms with van der Waals surface area (Å²) >= 11 is 0. The van der Waals surface area contributed by atoms with Gasteiger partial charge in [0.2, 0.25) is 5.91 Å². The fraction of sp³-hybridized carbons (Fsp3) is 0.136. The lowest BCUT2D eigenvalue weighted by molar-refractivity contribution is 0.100. The molecule has 1 heterocycles. The number of fused-ring (bicyclic) bond motifs is 1. The van der Waals surface area contributed by atoms with E-state index >= 15 is 0 Å². The molecule has 0 fully saturated rings. The Balaban J connectivity index is 2.40. The maximum absolute atomic E-state index is 11.4. The van der Waals surface area contributed by atoms with Crippen LogP contribution in [0.15, 0.2) is 80.0 Å². The smallest absolute Gasteiger partial charge is 0.248 e. The molecule has 1 aromatic heterocycles. The molecular weight excluding hydrogens is 308 g/mol. The Morgan fingerprint density at radius 1 is 1.16 bits per heavy atom. The third kappa shape index (κ3) is 4.48. The average molecular weight is 332 g/mol. The Morgan fingerprint density at radius 3 is 2.64 bits per heavy atom. The van der Waals surface area contributed by atoms with Gasteiger partial charge in [0, 0.05) is 29.2 Å².